The Labute approximate surface area is 111 Å². The van der Waals surface area contributed by atoms with E-state index in [4.69, 9.17) is 4.74 Å². The van der Waals surface area contributed by atoms with E-state index in [1.807, 2.05) is 0 Å². The predicted molar refractivity (Wildman–Crippen MR) is 70.8 cm³/mol. The molecule has 0 aliphatic rings. The SMILES string of the molecule is COc1cccc(C(=O)Nc2ncc(Br)s2)c1. The van der Waals surface area contributed by atoms with Crippen LogP contribution in [0.2, 0.25) is 0 Å². The number of rotatable bonds is 3. The standard InChI is InChI=1S/C11H9BrN2O2S/c1-16-8-4-2-3-7(5-8)10(15)14-11-13-6-9(12)17-11/h2-6H,1H3,(H,13,14,15). The number of hydrogen-bond acceptors (Lipinski definition) is 4. The van der Waals surface area contributed by atoms with Gasteiger partial charge in [0.25, 0.3) is 5.91 Å². The van der Waals surface area contributed by atoms with E-state index in [0.717, 1.165) is 3.79 Å². The maximum atomic E-state index is 11.9. The van der Waals surface area contributed by atoms with Gasteiger partial charge in [0.1, 0.15) is 5.75 Å². The van der Waals surface area contributed by atoms with Gasteiger partial charge in [0, 0.05) is 5.56 Å². The number of methoxy groups -OCH3 is 1. The topological polar surface area (TPSA) is 51.2 Å². The molecule has 17 heavy (non-hydrogen) atoms. The third-order valence-corrected chi connectivity index (χ3v) is 3.42. The first-order valence-electron chi connectivity index (χ1n) is 4.76. The van der Waals surface area contributed by atoms with E-state index >= 15 is 0 Å². The molecule has 1 aromatic heterocycles. The fourth-order valence-corrected chi connectivity index (χ4v) is 2.35. The molecule has 0 saturated heterocycles. The fraction of sp³-hybridized carbons (Fsp3) is 0.0909. The molecular formula is C11H9BrN2O2S. The number of anilines is 1. The molecule has 88 valence electrons. The number of hydrogen-bond donors (Lipinski definition) is 1. The van der Waals surface area contributed by atoms with Gasteiger partial charge in [-0.2, -0.15) is 0 Å². The summed E-state index contributed by atoms with van der Waals surface area (Å²) in [5.74, 6) is 0.448. The van der Waals surface area contributed by atoms with Gasteiger partial charge in [-0.3, -0.25) is 10.1 Å². The lowest BCUT2D eigenvalue weighted by Gasteiger charge is -2.03. The zero-order chi connectivity index (χ0) is 12.3. The highest BCUT2D eigenvalue weighted by atomic mass is 79.9. The Morgan fingerprint density at radius 3 is 3.00 bits per heavy atom. The van der Waals surface area contributed by atoms with Crippen LogP contribution in [0, 0.1) is 0 Å². The lowest BCUT2D eigenvalue weighted by molar-refractivity contribution is 0.102. The second-order valence-corrected chi connectivity index (χ2v) is 5.57. The van der Waals surface area contributed by atoms with E-state index in [-0.39, 0.29) is 5.91 Å². The van der Waals surface area contributed by atoms with E-state index in [1.165, 1.54) is 11.3 Å². The summed E-state index contributed by atoms with van der Waals surface area (Å²) in [6.45, 7) is 0. The Kier molecular flexibility index (Phi) is 3.75. The van der Waals surface area contributed by atoms with E-state index in [0.29, 0.717) is 16.4 Å². The Bertz CT molecular complexity index is 542. The van der Waals surface area contributed by atoms with Gasteiger partial charge in [-0.1, -0.05) is 17.4 Å². The molecule has 4 nitrogen and oxygen atoms in total. The zero-order valence-corrected chi connectivity index (χ0v) is 11.3. The van der Waals surface area contributed by atoms with Crippen LogP contribution in [0.4, 0.5) is 5.13 Å². The van der Waals surface area contributed by atoms with Crippen molar-refractivity contribution in [2.24, 2.45) is 0 Å². The third-order valence-electron chi connectivity index (χ3n) is 2.03. The summed E-state index contributed by atoms with van der Waals surface area (Å²) in [6, 6.07) is 6.96. The van der Waals surface area contributed by atoms with Gasteiger partial charge in [-0.15, -0.1) is 0 Å². The largest absolute Gasteiger partial charge is 0.497 e. The Morgan fingerprint density at radius 2 is 2.35 bits per heavy atom. The van der Waals surface area contributed by atoms with Gasteiger partial charge < -0.3 is 4.74 Å². The van der Waals surface area contributed by atoms with Gasteiger partial charge in [-0.25, -0.2) is 4.98 Å². The molecule has 0 fully saturated rings. The summed E-state index contributed by atoms with van der Waals surface area (Å²) >= 11 is 4.65. The summed E-state index contributed by atoms with van der Waals surface area (Å²) in [5, 5.41) is 3.27. The van der Waals surface area contributed by atoms with Crippen molar-refractivity contribution in [2.75, 3.05) is 12.4 Å². The summed E-state index contributed by atoms with van der Waals surface area (Å²) in [6.07, 6.45) is 1.64. The monoisotopic (exact) mass is 312 g/mol. The maximum Gasteiger partial charge on any atom is 0.257 e. The smallest absolute Gasteiger partial charge is 0.257 e. The molecular weight excluding hydrogens is 304 g/mol. The van der Waals surface area contributed by atoms with Gasteiger partial charge in [0.2, 0.25) is 0 Å². The maximum absolute atomic E-state index is 11.9. The van der Waals surface area contributed by atoms with Crippen molar-refractivity contribution in [3.63, 3.8) is 0 Å². The number of carbonyl (C=O) groups is 1. The highest BCUT2D eigenvalue weighted by Gasteiger charge is 2.09. The number of thiazole rings is 1. The zero-order valence-electron chi connectivity index (χ0n) is 8.94. The van der Waals surface area contributed by atoms with Crippen molar-refractivity contribution < 1.29 is 9.53 Å². The van der Waals surface area contributed by atoms with Crippen molar-refractivity contribution in [3.8, 4) is 5.75 Å². The van der Waals surface area contributed by atoms with E-state index in [2.05, 4.69) is 26.2 Å². The van der Waals surface area contributed by atoms with E-state index < -0.39 is 0 Å². The van der Waals surface area contributed by atoms with Crippen molar-refractivity contribution in [2.45, 2.75) is 0 Å². The second kappa shape index (κ2) is 5.29. The van der Waals surface area contributed by atoms with E-state index in [1.54, 1.807) is 37.6 Å². The predicted octanol–water partition coefficient (Wildman–Crippen LogP) is 3.17. The first kappa shape index (κ1) is 12.1. The summed E-state index contributed by atoms with van der Waals surface area (Å²) in [5.41, 5.74) is 0.538. The second-order valence-electron chi connectivity index (χ2n) is 3.16. The number of nitrogens with one attached hydrogen (secondary N) is 1. The molecule has 0 atom stereocenters. The van der Waals surface area contributed by atoms with Gasteiger partial charge in [-0.05, 0) is 34.1 Å². The number of benzene rings is 1. The lowest BCUT2D eigenvalue weighted by Crippen LogP contribution is -2.11. The molecule has 0 unspecified atom stereocenters. The minimum atomic E-state index is -0.203. The molecule has 1 aromatic carbocycles. The highest BCUT2D eigenvalue weighted by molar-refractivity contribution is 9.11. The lowest BCUT2D eigenvalue weighted by atomic mass is 10.2. The van der Waals surface area contributed by atoms with Gasteiger partial charge >= 0.3 is 0 Å². The Balaban J connectivity index is 2.14. The van der Waals surface area contributed by atoms with Crippen LogP contribution in [0.1, 0.15) is 10.4 Å². The number of carbonyl (C=O) groups excluding carboxylic acids is 1. The van der Waals surface area contributed by atoms with Crippen LogP contribution in [-0.4, -0.2) is 18.0 Å². The van der Waals surface area contributed by atoms with Crippen LogP contribution >= 0.6 is 27.3 Å². The Hall–Kier alpha value is -1.40. The third kappa shape index (κ3) is 3.04. The van der Waals surface area contributed by atoms with Crippen LogP contribution in [0.5, 0.6) is 5.75 Å². The van der Waals surface area contributed by atoms with Gasteiger partial charge in [0.15, 0.2) is 5.13 Å². The average molecular weight is 313 g/mol. The van der Waals surface area contributed by atoms with Crippen molar-refractivity contribution in [3.05, 3.63) is 39.8 Å². The number of aromatic nitrogens is 1. The minimum absolute atomic E-state index is 0.203. The molecule has 1 N–H and O–H groups in total. The minimum Gasteiger partial charge on any atom is -0.497 e. The molecule has 1 amide bonds. The normalized spacial score (nSPS) is 10.0. The highest BCUT2D eigenvalue weighted by Crippen LogP contribution is 2.23. The molecule has 1 heterocycles. The number of amides is 1. The first-order valence-corrected chi connectivity index (χ1v) is 6.37. The summed E-state index contributed by atoms with van der Waals surface area (Å²) in [4.78, 5) is 15.9. The average Bonchev–Trinajstić information content (AvgIpc) is 2.75. The molecule has 2 aromatic rings. The molecule has 6 heteroatoms. The van der Waals surface area contributed by atoms with Crippen molar-refractivity contribution >= 4 is 38.3 Å². The molecule has 2 rings (SSSR count). The van der Waals surface area contributed by atoms with Crippen LogP contribution in [-0.2, 0) is 0 Å². The first-order chi connectivity index (χ1) is 8.19. The molecule has 0 aliphatic heterocycles. The fourth-order valence-electron chi connectivity index (χ4n) is 1.25. The van der Waals surface area contributed by atoms with Crippen LogP contribution in [0.25, 0.3) is 0 Å². The summed E-state index contributed by atoms with van der Waals surface area (Å²) in [7, 11) is 1.56. The number of halogens is 1. The number of ether oxygens (including phenoxy) is 1. The van der Waals surface area contributed by atoms with Crippen molar-refractivity contribution in [1.29, 1.82) is 0 Å². The van der Waals surface area contributed by atoms with E-state index in [9.17, 15) is 4.79 Å². The van der Waals surface area contributed by atoms with Crippen LogP contribution < -0.4 is 10.1 Å². The van der Waals surface area contributed by atoms with Crippen LogP contribution in [0.3, 0.4) is 0 Å². The molecule has 0 saturated carbocycles. The molecule has 0 aliphatic carbocycles. The molecule has 0 bridgehead atoms. The molecule has 0 radical (unpaired) electrons. The molecule has 0 spiro atoms. The van der Waals surface area contributed by atoms with Crippen molar-refractivity contribution in [1.82, 2.24) is 4.98 Å². The quantitative estimate of drug-likeness (QED) is 0.947. The summed E-state index contributed by atoms with van der Waals surface area (Å²) < 4.78 is 5.93. The Morgan fingerprint density at radius 1 is 1.53 bits per heavy atom. The van der Waals surface area contributed by atoms with Gasteiger partial charge in [0.05, 0.1) is 17.1 Å². The number of nitrogens with zero attached hydrogens (tertiary/aromatic N) is 1. The van der Waals surface area contributed by atoms with Crippen LogP contribution in [0.15, 0.2) is 34.2 Å².